The number of carbonyl (C=O) groups is 2. The lowest BCUT2D eigenvalue weighted by Gasteiger charge is -2.19. The van der Waals surface area contributed by atoms with Crippen LogP contribution in [0.1, 0.15) is 12.0 Å². The summed E-state index contributed by atoms with van der Waals surface area (Å²) in [7, 11) is 1.31. The van der Waals surface area contributed by atoms with Crippen molar-refractivity contribution >= 4 is 23.6 Å². The lowest BCUT2D eigenvalue weighted by atomic mass is 10.1. The number of ether oxygens (including phenoxy) is 1. The van der Waals surface area contributed by atoms with Crippen LogP contribution in [0.3, 0.4) is 0 Å². The Bertz CT molecular complexity index is 453. The summed E-state index contributed by atoms with van der Waals surface area (Å²) in [5.41, 5.74) is 6.76. The maximum atomic E-state index is 12.0. The summed E-state index contributed by atoms with van der Waals surface area (Å²) >= 11 is 1.63. The molecule has 0 spiro atoms. The zero-order valence-electron chi connectivity index (χ0n) is 12.4. The Morgan fingerprint density at radius 2 is 2.00 bits per heavy atom. The van der Waals surface area contributed by atoms with Gasteiger partial charge in [0.1, 0.15) is 6.04 Å². The normalized spacial score (nSPS) is 13.3. The third-order valence-corrected chi connectivity index (χ3v) is 3.70. The fourth-order valence-corrected chi connectivity index (χ4v) is 2.33. The Balaban J connectivity index is 2.66. The lowest BCUT2D eigenvalue weighted by Crippen LogP contribution is -2.49. The van der Waals surface area contributed by atoms with Gasteiger partial charge in [-0.25, -0.2) is 4.79 Å². The molecule has 6 heteroatoms. The number of hydrogen-bond donors (Lipinski definition) is 2. The van der Waals surface area contributed by atoms with E-state index in [0.717, 1.165) is 11.3 Å². The number of nitrogens with two attached hydrogens (primary N) is 1. The van der Waals surface area contributed by atoms with Gasteiger partial charge in [-0.2, -0.15) is 11.8 Å². The number of methoxy groups -OCH3 is 1. The quantitative estimate of drug-likeness (QED) is 0.699. The molecule has 5 nitrogen and oxygen atoms in total. The average Bonchev–Trinajstić information content (AvgIpc) is 2.51. The summed E-state index contributed by atoms with van der Waals surface area (Å²) in [6.07, 6.45) is 2.91. The summed E-state index contributed by atoms with van der Waals surface area (Å²) < 4.78 is 4.75. The minimum Gasteiger partial charge on any atom is -0.467 e. The van der Waals surface area contributed by atoms with Crippen LogP contribution in [0.4, 0.5) is 0 Å². The molecule has 0 bridgehead atoms. The molecule has 0 fully saturated rings. The van der Waals surface area contributed by atoms with Crippen molar-refractivity contribution in [1.82, 2.24) is 5.32 Å². The second-order valence-corrected chi connectivity index (χ2v) is 5.65. The van der Waals surface area contributed by atoms with E-state index in [1.165, 1.54) is 7.11 Å². The molecule has 0 heterocycles. The summed E-state index contributed by atoms with van der Waals surface area (Å²) in [6, 6.07) is 8.13. The van der Waals surface area contributed by atoms with Crippen LogP contribution in [-0.4, -0.2) is 43.1 Å². The van der Waals surface area contributed by atoms with E-state index >= 15 is 0 Å². The van der Waals surface area contributed by atoms with E-state index in [4.69, 9.17) is 10.5 Å². The molecule has 116 valence electrons. The minimum atomic E-state index is -0.717. The third-order valence-electron chi connectivity index (χ3n) is 3.05. The fourth-order valence-electron chi connectivity index (χ4n) is 1.84. The van der Waals surface area contributed by atoms with Crippen LogP contribution in [0.2, 0.25) is 0 Å². The number of benzene rings is 1. The van der Waals surface area contributed by atoms with E-state index in [-0.39, 0.29) is 5.91 Å². The van der Waals surface area contributed by atoms with Crippen molar-refractivity contribution in [2.75, 3.05) is 19.1 Å². The van der Waals surface area contributed by atoms with Gasteiger partial charge in [-0.05, 0) is 24.0 Å². The zero-order chi connectivity index (χ0) is 15.7. The van der Waals surface area contributed by atoms with Gasteiger partial charge in [0.15, 0.2) is 0 Å². The molecular weight excluding hydrogens is 288 g/mol. The highest BCUT2D eigenvalue weighted by Crippen LogP contribution is 2.06. The Morgan fingerprint density at radius 3 is 2.57 bits per heavy atom. The van der Waals surface area contributed by atoms with Gasteiger partial charge in [0.25, 0.3) is 0 Å². The number of thioether (sulfide) groups is 1. The first-order valence-corrected chi connectivity index (χ1v) is 8.14. The summed E-state index contributed by atoms with van der Waals surface area (Å²) in [5, 5.41) is 2.68. The van der Waals surface area contributed by atoms with Crippen LogP contribution in [0, 0.1) is 0 Å². The number of carbonyl (C=O) groups excluding carboxylic acids is 2. The molecule has 1 amide bonds. The Morgan fingerprint density at radius 1 is 1.33 bits per heavy atom. The highest BCUT2D eigenvalue weighted by Gasteiger charge is 2.24. The average molecular weight is 310 g/mol. The minimum absolute atomic E-state index is 0.324. The second-order valence-electron chi connectivity index (χ2n) is 4.66. The molecule has 21 heavy (non-hydrogen) atoms. The van der Waals surface area contributed by atoms with Gasteiger partial charge in [0, 0.05) is 6.42 Å². The molecule has 3 N–H and O–H groups in total. The predicted octanol–water partition coefficient (Wildman–Crippen LogP) is 0.967. The molecule has 0 aliphatic heterocycles. The number of amides is 1. The molecule has 2 atom stereocenters. The van der Waals surface area contributed by atoms with Gasteiger partial charge in [0.2, 0.25) is 5.91 Å². The molecule has 0 saturated heterocycles. The molecule has 2 unspecified atom stereocenters. The molecule has 1 rings (SSSR count). The van der Waals surface area contributed by atoms with E-state index in [9.17, 15) is 9.59 Å². The van der Waals surface area contributed by atoms with Crippen LogP contribution >= 0.6 is 11.8 Å². The Kier molecular flexibility index (Phi) is 7.85. The smallest absolute Gasteiger partial charge is 0.328 e. The van der Waals surface area contributed by atoms with Gasteiger partial charge in [-0.1, -0.05) is 30.3 Å². The fraction of sp³-hybridized carbons (Fsp3) is 0.467. The van der Waals surface area contributed by atoms with E-state index in [2.05, 4.69) is 5.32 Å². The summed E-state index contributed by atoms with van der Waals surface area (Å²) in [6.45, 7) is 0. The van der Waals surface area contributed by atoms with E-state index < -0.39 is 18.1 Å². The highest BCUT2D eigenvalue weighted by molar-refractivity contribution is 7.98. The maximum absolute atomic E-state index is 12.0. The van der Waals surface area contributed by atoms with Crippen LogP contribution < -0.4 is 11.1 Å². The van der Waals surface area contributed by atoms with Crippen molar-refractivity contribution < 1.29 is 14.3 Å². The molecule has 1 aromatic carbocycles. The number of hydrogen-bond acceptors (Lipinski definition) is 5. The molecule has 0 aliphatic rings. The zero-order valence-corrected chi connectivity index (χ0v) is 13.2. The van der Waals surface area contributed by atoms with Crippen molar-refractivity contribution in [3.05, 3.63) is 35.9 Å². The van der Waals surface area contributed by atoms with Crippen molar-refractivity contribution in [2.45, 2.75) is 24.9 Å². The van der Waals surface area contributed by atoms with Crippen LogP contribution in [-0.2, 0) is 20.7 Å². The van der Waals surface area contributed by atoms with E-state index in [0.29, 0.717) is 12.8 Å². The Labute approximate surface area is 129 Å². The predicted molar refractivity (Wildman–Crippen MR) is 85.1 cm³/mol. The SMILES string of the molecule is COC(=O)C(Cc1ccccc1)NC(=O)C(N)CCSC. The molecule has 1 aromatic rings. The van der Waals surface area contributed by atoms with Gasteiger partial charge < -0.3 is 15.8 Å². The number of rotatable bonds is 8. The topological polar surface area (TPSA) is 81.4 Å². The molecular formula is C15H22N2O3S. The van der Waals surface area contributed by atoms with Gasteiger partial charge in [-0.3, -0.25) is 4.79 Å². The standard InChI is InChI=1S/C15H22N2O3S/c1-20-15(19)13(10-11-6-4-3-5-7-11)17-14(18)12(16)8-9-21-2/h3-7,12-13H,8-10,16H2,1-2H3,(H,17,18). The lowest BCUT2D eigenvalue weighted by molar-refractivity contribution is -0.145. The maximum Gasteiger partial charge on any atom is 0.328 e. The molecule has 0 saturated carbocycles. The summed E-state index contributed by atoms with van der Waals surface area (Å²) in [5.74, 6) is 0.00976. The van der Waals surface area contributed by atoms with Gasteiger partial charge in [0.05, 0.1) is 13.2 Å². The van der Waals surface area contributed by atoms with Gasteiger partial charge >= 0.3 is 5.97 Å². The van der Waals surface area contributed by atoms with Crippen molar-refractivity contribution in [2.24, 2.45) is 5.73 Å². The third kappa shape index (κ3) is 6.18. The number of esters is 1. The van der Waals surface area contributed by atoms with Crippen molar-refractivity contribution in [1.29, 1.82) is 0 Å². The second kappa shape index (κ2) is 9.41. The van der Waals surface area contributed by atoms with Crippen LogP contribution in [0.5, 0.6) is 0 Å². The molecule has 0 aromatic heterocycles. The number of nitrogens with one attached hydrogen (secondary N) is 1. The first kappa shape index (κ1) is 17.5. The monoisotopic (exact) mass is 310 g/mol. The molecule has 0 aliphatic carbocycles. The molecule has 0 radical (unpaired) electrons. The van der Waals surface area contributed by atoms with Crippen LogP contribution in [0.15, 0.2) is 30.3 Å². The van der Waals surface area contributed by atoms with E-state index in [1.807, 2.05) is 36.6 Å². The Hall–Kier alpha value is -1.53. The first-order chi connectivity index (χ1) is 10.1. The first-order valence-electron chi connectivity index (χ1n) is 6.75. The van der Waals surface area contributed by atoms with Crippen molar-refractivity contribution in [3.8, 4) is 0 Å². The van der Waals surface area contributed by atoms with Gasteiger partial charge in [-0.15, -0.1) is 0 Å². The summed E-state index contributed by atoms with van der Waals surface area (Å²) in [4.78, 5) is 23.8. The van der Waals surface area contributed by atoms with Crippen LogP contribution in [0.25, 0.3) is 0 Å². The largest absolute Gasteiger partial charge is 0.467 e. The van der Waals surface area contributed by atoms with E-state index in [1.54, 1.807) is 11.8 Å². The highest BCUT2D eigenvalue weighted by atomic mass is 32.2. The van der Waals surface area contributed by atoms with Crippen molar-refractivity contribution in [3.63, 3.8) is 0 Å².